The second-order valence-corrected chi connectivity index (χ2v) is 6.84. The first-order valence-electron chi connectivity index (χ1n) is 9.69. The van der Waals surface area contributed by atoms with Gasteiger partial charge in [0.25, 0.3) is 0 Å². The molecule has 3 N–H and O–H groups in total. The molecule has 0 aliphatic heterocycles. The van der Waals surface area contributed by atoms with Crippen molar-refractivity contribution in [2.24, 2.45) is 11.8 Å². The SMILES string of the molecule is CC/C=C\C/C=C\C[C@H]1C(=O)C[C@H](O)[C@@H]1/C=C/[C@H](O)C/C=C\CCC(=O)O. The van der Waals surface area contributed by atoms with Gasteiger partial charge in [-0.3, -0.25) is 9.59 Å². The van der Waals surface area contributed by atoms with E-state index >= 15 is 0 Å². The third-order valence-electron chi connectivity index (χ3n) is 4.59. The second-order valence-electron chi connectivity index (χ2n) is 6.84. The number of aliphatic carboxylic acids is 1. The highest BCUT2D eigenvalue weighted by atomic mass is 16.4. The van der Waals surface area contributed by atoms with E-state index in [9.17, 15) is 19.8 Å². The van der Waals surface area contributed by atoms with E-state index in [-0.39, 0.29) is 30.5 Å². The number of carbonyl (C=O) groups excluding carboxylic acids is 1. The molecule has 150 valence electrons. The first-order chi connectivity index (χ1) is 13.0. The van der Waals surface area contributed by atoms with Crippen LogP contribution in [0.15, 0.2) is 48.6 Å². The monoisotopic (exact) mass is 376 g/mol. The molecule has 1 aliphatic rings. The number of ketones is 1. The molecule has 0 aromatic rings. The zero-order valence-electron chi connectivity index (χ0n) is 16.0. The molecule has 0 saturated heterocycles. The molecular weight excluding hydrogens is 344 g/mol. The van der Waals surface area contributed by atoms with Gasteiger partial charge in [0, 0.05) is 24.7 Å². The van der Waals surface area contributed by atoms with Gasteiger partial charge in [0.2, 0.25) is 0 Å². The first-order valence-corrected chi connectivity index (χ1v) is 9.69. The van der Waals surface area contributed by atoms with Crippen molar-refractivity contribution in [2.75, 3.05) is 0 Å². The fourth-order valence-corrected chi connectivity index (χ4v) is 3.10. The molecule has 1 aliphatic carbocycles. The van der Waals surface area contributed by atoms with Gasteiger partial charge in [0.05, 0.1) is 12.2 Å². The van der Waals surface area contributed by atoms with Gasteiger partial charge < -0.3 is 15.3 Å². The Morgan fingerprint density at radius 1 is 1.19 bits per heavy atom. The van der Waals surface area contributed by atoms with Crippen LogP contribution in [0.25, 0.3) is 0 Å². The molecule has 4 atom stereocenters. The van der Waals surface area contributed by atoms with Crippen LogP contribution in [0.1, 0.15) is 51.9 Å². The van der Waals surface area contributed by atoms with Crippen LogP contribution in [-0.2, 0) is 9.59 Å². The number of carboxylic acids is 1. The maximum absolute atomic E-state index is 12.1. The van der Waals surface area contributed by atoms with Crippen molar-refractivity contribution >= 4 is 11.8 Å². The predicted molar refractivity (Wildman–Crippen MR) is 106 cm³/mol. The Balaban J connectivity index is 2.50. The van der Waals surface area contributed by atoms with E-state index in [2.05, 4.69) is 19.1 Å². The lowest BCUT2D eigenvalue weighted by Crippen LogP contribution is -2.18. The Bertz CT molecular complexity index is 573. The predicted octanol–water partition coefficient (Wildman–Crippen LogP) is 3.58. The summed E-state index contributed by atoms with van der Waals surface area (Å²) < 4.78 is 0. The molecular formula is C22H32O5. The lowest BCUT2D eigenvalue weighted by molar-refractivity contribution is -0.136. The van der Waals surface area contributed by atoms with Crippen LogP contribution in [0.5, 0.6) is 0 Å². The fraction of sp³-hybridized carbons (Fsp3) is 0.545. The molecule has 0 heterocycles. The Hall–Kier alpha value is -1.98. The first kappa shape index (κ1) is 23.1. The number of allylic oxidation sites excluding steroid dienone is 5. The minimum atomic E-state index is -0.846. The molecule has 0 amide bonds. The van der Waals surface area contributed by atoms with Crippen LogP contribution in [0.3, 0.4) is 0 Å². The van der Waals surface area contributed by atoms with Crippen molar-refractivity contribution in [3.8, 4) is 0 Å². The summed E-state index contributed by atoms with van der Waals surface area (Å²) in [6.45, 7) is 2.08. The van der Waals surface area contributed by atoms with Crippen LogP contribution in [0, 0.1) is 11.8 Å². The highest BCUT2D eigenvalue weighted by Crippen LogP contribution is 2.33. The zero-order valence-corrected chi connectivity index (χ0v) is 16.0. The molecule has 1 saturated carbocycles. The molecule has 5 heteroatoms. The van der Waals surface area contributed by atoms with Crippen molar-refractivity contribution in [3.05, 3.63) is 48.6 Å². The maximum Gasteiger partial charge on any atom is 0.303 e. The van der Waals surface area contributed by atoms with Gasteiger partial charge in [0.1, 0.15) is 5.78 Å². The molecule has 0 spiro atoms. The van der Waals surface area contributed by atoms with Crippen molar-refractivity contribution in [2.45, 2.75) is 64.1 Å². The van der Waals surface area contributed by atoms with Gasteiger partial charge in [-0.25, -0.2) is 0 Å². The van der Waals surface area contributed by atoms with Gasteiger partial charge in [-0.15, -0.1) is 0 Å². The van der Waals surface area contributed by atoms with Crippen molar-refractivity contribution in [1.29, 1.82) is 0 Å². The molecule has 0 unspecified atom stereocenters. The van der Waals surface area contributed by atoms with Gasteiger partial charge in [-0.05, 0) is 32.1 Å². The molecule has 1 fully saturated rings. The standard InChI is InChI=1S/C22H32O5/c1-2-3-4-5-6-9-12-18-19(21(25)16-20(18)24)15-14-17(23)11-8-7-10-13-22(26)27/h3-4,6-9,14-15,17-19,21,23,25H,2,5,10-13,16H2,1H3,(H,26,27)/b4-3-,8-7-,9-6-,15-14+/t17-,18-,19-,21+/m1/s1. The average molecular weight is 376 g/mol. The number of Topliss-reactive ketones (excluding diaryl/α,β-unsaturated/α-hetero) is 1. The summed E-state index contributed by atoms with van der Waals surface area (Å²) >= 11 is 0. The minimum absolute atomic E-state index is 0.0638. The molecule has 27 heavy (non-hydrogen) atoms. The van der Waals surface area contributed by atoms with Crippen LogP contribution in [0.4, 0.5) is 0 Å². The summed E-state index contributed by atoms with van der Waals surface area (Å²) in [5.74, 6) is -1.31. The number of rotatable bonds is 12. The zero-order chi connectivity index (χ0) is 20.1. The Morgan fingerprint density at radius 3 is 2.63 bits per heavy atom. The third kappa shape index (κ3) is 9.50. The third-order valence-corrected chi connectivity index (χ3v) is 4.59. The smallest absolute Gasteiger partial charge is 0.303 e. The Labute approximate surface area is 161 Å². The summed E-state index contributed by atoms with van der Waals surface area (Å²) in [6, 6.07) is 0. The van der Waals surface area contributed by atoms with Crippen LogP contribution >= 0.6 is 0 Å². The molecule has 0 aromatic carbocycles. The summed E-state index contributed by atoms with van der Waals surface area (Å²) in [7, 11) is 0. The van der Waals surface area contributed by atoms with E-state index < -0.39 is 18.2 Å². The van der Waals surface area contributed by atoms with E-state index in [1.54, 1.807) is 24.3 Å². The van der Waals surface area contributed by atoms with Gasteiger partial charge >= 0.3 is 5.97 Å². The van der Waals surface area contributed by atoms with Crippen molar-refractivity contribution in [1.82, 2.24) is 0 Å². The highest BCUT2D eigenvalue weighted by Gasteiger charge is 2.39. The molecule has 0 bridgehead atoms. The van der Waals surface area contributed by atoms with Crippen LogP contribution < -0.4 is 0 Å². The summed E-state index contributed by atoms with van der Waals surface area (Å²) in [4.78, 5) is 22.6. The van der Waals surface area contributed by atoms with Crippen molar-refractivity contribution in [3.63, 3.8) is 0 Å². The Kier molecular flexibility index (Phi) is 11.3. The topological polar surface area (TPSA) is 94.8 Å². The van der Waals surface area contributed by atoms with Crippen LogP contribution in [-0.4, -0.2) is 39.3 Å². The largest absolute Gasteiger partial charge is 0.481 e. The number of carbonyl (C=O) groups is 2. The lowest BCUT2D eigenvalue weighted by atomic mass is 9.90. The number of carboxylic acid groups (broad SMARTS) is 1. The molecule has 5 nitrogen and oxygen atoms in total. The maximum atomic E-state index is 12.1. The lowest BCUT2D eigenvalue weighted by Gasteiger charge is -2.16. The normalized spacial score (nSPS) is 24.9. The van der Waals surface area contributed by atoms with E-state index in [0.717, 1.165) is 12.8 Å². The number of aliphatic hydroxyl groups is 2. The van der Waals surface area contributed by atoms with Crippen molar-refractivity contribution < 1.29 is 24.9 Å². The van der Waals surface area contributed by atoms with Crippen LogP contribution in [0.2, 0.25) is 0 Å². The fourth-order valence-electron chi connectivity index (χ4n) is 3.10. The summed E-state index contributed by atoms with van der Waals surface area (Å²) in [5.41, 5.74) is 0. The minimum Gasteiger partial charge on any atom is -0.481 e. The molecule has 0 aromatic heterocycles. The van der Waals surface area contributed by atoms with E-state index in [1.165, 1.54) is 0 Å². The van der Waals surface area contributed by atoms with Gasteiger partial charge in [-0.1, -0.05) is 55.5 Å². The van der Waals surface area contributed by atoms with E-state index in [4.69, 9.17) is 5.11 Å². The second kappa shape index (κ2) is 13.2. The summed E-state index contributed by atoms with van der Waals surface area (Å²) in [6.07, 6.45) is 17.1. The molecule has 0 radical (unpaired) electrons. The number of hydrogen-bond donors (Lipinski definition) is 3. The van der Waals surface area contributed by atoms with E-state index in [1.807, 2.05) is 12.2 Å². The van der Waals surface area contributed by atoms with Gasteiger partial charge in [0.15, 0.2) is 0 Å². The Morgan fingerprint density at radius 2 is 1.93 bits per heavy atom. The highest BCUT2D eigenvalue weighted by molar-refractivity contribution is 5.84. The number of aliphatic hydroxyl groups excluding tert-OH is 2. The molecule has 1 rings (SSSR count). The summed E-state index contributed by atoms with van der Waals surface area (Å²) in [5, 5.41) is 28.7. The number of hydrogen-bond acceptors (Lipinski definition) is 4. The van der Waals surface area contributed by atoms with Gasteiger partial charge in [-0.2, -0.15) is 0 Å². The average Bonchev–Trinajstić information content (AvgIpc) is 2.88. The van der Waals surface area contributed by atoms with E-state index in [0.29, 0.717) is 19.3 Å². The quantitative estimate of drug-likeness (QED) is 0.453.